The lowest BCUT2D eigenvalue weighted by molar-refractivity contribution is 0.0540. The van der Waals surface area contributed by atoms with Gasteiger partial charge in [-0.1, -0.05) is 40.7 Å². The van der Waals surface area contributed by atoms with Crippen LogP contribution in [0.1, 0.15) is 34.6 Å². The lowest BCUT2D eigenvalue weighted by atomic mass is 9.94. The van der Waals surface area contributed by atoms with Crippen molar-refractivity contribution in [2.24, 2.45) is 11.8 Å². The minimum absolute atomic E-state index is 0.119. The summed E-state index contributed by atoms with van der Waals surface area (Å²) in [6, 6.07) is 0. The van der Waals surface area contributed by atoms with E-state index in [1.165, 1.54) is 0 Å². The van der Waals surface area contributed by atoms with Gasteiger partial charge < -0.3 is 9.53 Å². The summed E-state index contributed by atoms with van der Waals surface area (Å²) in [5.74, 6) is 0.269. The summed E-state index contributed by atoms with van der Waals surface area (Å²) in [5, 5.41) is 10.3. The summed E-state index contributed by atoms with van der Waals surface area (Å²) in [5.41, 5.74) is 0. The Hall–Kier alpha value is -0.123. The monoisotopic (exact) mass is 258 g/mol. The van der Waals surface area contributed by atoms with Gasteiger partial charge in [-0.05, 0) is 18.1 Å². The van der Waals surface area contributed by atoms with Crippen LogP contribution in [0.2, 0.25) is 18.1 Å². The van der Waals surface area contributed by atoms with E-state index < -0.39 is 8.32 Å². The summed E-state index contributed by atoms with van der Waals surface area (Å²) in [4.78, 5) is 0. The van der Waals surface area contributed by atoms with Gasteiger partial charge in [0.25, 0.3) is 0 Å². The van der Waals surface area contributed by atoms with Gasteiger partial charge >= 0.3 is 0 Å². The molecule has 0 aliphatic carbocycles. The molecule has 1 N–H and O–H groups in total. The number of hydrogen-bond acceptors (Lipinski definition) is 2. The maximum Gasteiger partial charge on any atom is 0.191 e. The molecular weight excluding hydrogens is 228 g/mol. The third-order valence-electron chi connectivity index (χ3n) is 4.01. The molecule has 0 rings (SSSR count). The van der Waals surface area contributed by atoms with Crippen LogP contribution in [-0.4, -0.2) is 26.1 Å². The molecule has 0 aromatic carbocycles. The molecule has 0 fully saturated rings. The second-order valence-corrected chi connectivity index (χ2v) is 11.4. The van der Waals surface area contributed by atoms with E-state index in [2.05, 4.69) is 40.4 Å². The van der Waals surface area contributed by atoms with Gasteiger partial charge in [-0.15, -0.1) is 6.58 Å². The van der Waals surface area contributed by atoms with Crippen LogP contribution in [0.5, 0.6) is 0 Å². The van der Waals surface area contributed by atoms with Crippen LogP contribution >= 0.6 is 0 Å². The Kier molecular flexibility index (Phi) is 6.12. The Bertz CT molecular complexity index is 243. The number of rotatable bonds is 6. The van der Waals surface area contributed by atoms with Gasteiger partial charge in [0, 0.05) is 18.4 Å². The Balaban J connectivity index is 4.34. The van der Waals surface area contributed by atoms with Crippen LogP contribution in [-0.2, 0) is 4.43 Å². The van der Waals surface area contributed by atoms with Crippen LogP contribution in [0.25, 0.3) is 0 Å². The molecule has 0 bridgehead atoms. The third-order valence-corrected chi connectivity index (χ3v) is 8.51. The van der Waals surface area contributed by atoms with E-state index in [0.29, 0.717) is 6.61 Å². The van der Waals surface area contributed by atoms with Crippen molar-refractivity contribution < 1.29 is 9.53 Å². The SMILES string of the molecule is C=C[C@H](C)[C@H](O)[C@H](C)CO[Si](C)(C)C(C)(C)C. The number of hydrogen-bond donors (Lipinski definition) is 1. The number of aliphatic hydroxyl groups excluding tert-OH is 1. The van der Waals surface area contributed by atoms with E-state index in [9.17, 15) is 5.11 Å². The third kappa shape index (κ3) is 4.94. The fraction of sp³-hybridized carbons (Fsp3) is 0.857. The van der Waals surface area contributed by atoms with Crippen molar-refractivity contribution in [2.75, 3.05) is 6.61 Å². The molecule has 0 radical (unpaired) electrons. The van der Waals surface area contributed by atoms with E-state index in [0.717, 1.165) is 0 Å². The van der Waals surface area contributed by atoms with Gasteiger partial charge in [0.1, 0.15) is 0 Å². The van der Waals surface area contributed by atoms with Crippen molar-refractivity contribution in [3.8, 4) is 0 Å². The van der Waals surface area contributed by atoms with Gasteiger partial charge in [-0.2, -0.15) is 0 Å². The maximum absolute atomic E-state index is 10.1. The molecule has 0 aliphatic heterocycles. The Labute approximate surface area is 108 Å². The molecule has 0 amide bonds. The van der Waals surface area contributed by atoms with Crippen LogP contribution in [0.3, 0.4) is 0 Å². The fourth-order valence-electron chi connectivity index (χ4n) is 1.31. The molecule has 0 saturated heterocycles. The second kappa shape index (κ2) is 6.16. The van der Waals surface area contributed by atoms with Crippen molar-refractivity contribution in [1.29, 1.82) is 0 Å². The van der Waals surface area contributed by atoms with E-state index in [1.54, 1.807) is 6.08 Å². The molecule has 2 nitrogen and oxygen atoms in total. The van der Waals surface area contributed by atoms with Crippen molar-refractivity contribution >= 4 is 8.32 Å². The molecule has 102 valence electrons. The van der Waals surface area contributed by atoms with Crippen LogP contribution in [0.4, 0.5) is 0 Å². The van der Waals surface area contributed by atoms with Gasteiger partial charge in [0.2, 0.25) is 0 Å². The van der Waals surface area contributed by atoms with Gasteiger partial charge in [0.15, 0.2) is 8.32 Å². The quantitative estimate of drug-likeness (QED) is 0.579. The average molecular weight is 258 g/mol. The molecule has 0 saturated carbocycles. The summed E-state index contributed by atoms with van der Waals surface area (Å²) in [7, 11) is -1.70. The molecule has 0 heterocycles. The summed E-state index contributed by atoms with van der Waals surface area (Å²) < 4.78 is 6.12. The van der Waals surface area contributed by atoms with Crippen molar-refractivity contribution in [2.45, 2.75) is 58.9 Å². The first-order valence-corrected chi connectivity index (χ1v) is 9.38. The molecular formula is C14H30O2Si. The minimum Gasteiger partial charge on any atom is -0.416 e. The summed E-state index contributed by atoms with van der Waals surface area (Å²) >= 11 is 0. The maximum atomic E-state index is 10.1. The predicted molar refractivity (Wildman–Crippen MR) is 77.7 cm³/mol. The first-order valence-electron chi connectivity index (χ1n) is 6.47. The normalized spacial score (nSPS) is 18.6. The van der Waals surface area contributed by atoms with E-state index in [-0.39, 0.29) is 23.0 Å². The van der Waals surface area contributed by atoms with E-state index in [1.807, 2.05) is 13.8 Å². The Morgan fingerprint density at radius 3 is 2.12 bits per heavy atom. The minimum atomic E-state index is -1.70. The average Bonchev–Trinajstić information content (AvgIpc) is 2.22. The van der Waals surface area contributed by atoms with Crippen LogP contribution in [0, 0.1) is 11.8 Å². The van der Waals surface area contributed by atoms with E-state index >= 15 is 0 Å². The van der Waals surface area contributed by atoms with Crippen molar-refractivity contribution in [3.05, 3.63) is 12.7 Å². The molecule has 3 atom stereocenters. The number of aliphatic hydroxyl groups is 1. The molecule has 0 unspecified atom stereocenters. The van der Waals surface area contributed by atoms with E-state index in [4.69, 9.17) is 4.43 Å². The lowest BCUT2D eigenvalue weighted by Gasteiger charge is -2.37. The van der Waals surface area contributed by atoms with Crippen molar-refractivity contribution in [3.63, 3.8) is 0 Å². The molecule has 0 aromatic heterocycles. The van der Waals surface area contributed by atoms with Gasteiger partial charge in [0.05, 0.1) is 6.10 Å². The van der Waals surface area contributed by atoms with Crippen LogP contribution in [0.15, 0.2) is 12.7 Å². The lowest BCUT2D eigenvalue weighted by Crippen LogP contribution is -2.43. The fourth-order valence-corrected chi connectivity index (χ4v) is 2.43. The zero-order valence-corrected chi connectivity index (χ0v) is 13.6. The van der Waals surface area contributed by atoms with Crippen LogP contribution < -0.4 is 0 Å². The molecule has 3 heteroatoms. The van der Waals surface area contributed by atoms with Gasteiger partial charge in [-0.25, -0.2) is 0 Å². The zero-order chi connectivity index (χ0) is 13.9. The zero-order valence-electron chi connectivity index (χ0n) is 12.6. The highest BCUT2D eigenvalue weighted by Crippen LogP contribution is 2.37. The first kappa shape index (κ1) is 16.9. The first-order chi connectivity index (χ1) is 7.53. The highest BCUT2D eigenvalue weighted by atomic mass is 28.4. The molecule has 0 aliphatic rings. The molecule has 0 aromatic rings. The highest BCUT2D eigenvalue weighted by molar-refractivity contribution is 6.74. The summed E-state index contributed by atoms with van der Waals surface area (Å²) in [6.07, 6.45) is 1.44. The second-order valence-electron chi connectivity index (χ2n) is 6.63. The topological polar surface area (TPSA) is 29.5 Å². The molecule has 0 spiro atoms. The Morgan fingerprint density at radius 2 is 1.76 bits per heavy atom. The predicted octanol–water partition coefficient (Wildman–Crippen LogP) is 3.83. The summed E-state index contributed by atoms with van der Waals surface area (Å²) in [6.45, 7) is 19.5. The van der Waals surface area contributed by atoms with Gasteiger partial charge in [-0.3, -0.25) is 0 Å². The highest BCUT2D eigenvalue weighted by Gasteiger charge is 2.37. The standard InChI is InChI=1S/C14H30O2Si/c1-9-11(2)13(15)12(3)10-16-17(7,8)14(4,5)6/h9,11-13,15H,1,10H2,2-8H3/t11-,12+,13-/m0/s1. The smallest absolute Gasteiger partial charge is 0.191 e. The Morgan fingerprint density at radius 1 is 1.29 bits per heavy atom. The molecule has 17 heavy (non-hydrogen) atoms. The van der Waals surface area contributed by atoms with Crippen molar-refractivity contribution in [1.82, 2.24) is 0 Å². The largest absolute Gasteiger partial charge is 0.416 e.